The van der Waals surface area contributed by atoms with Crippen molar-refractivity contribution in [2.75, 3.05) is 18.1 Å². The normalized spacial score (nSPS) is 18.1. The van der Waals surface area contributed by atoms with Crippen LogP contribution in [0, 0.1) is 10.1 Å². The van der Waals surface area contributed by atoms with E-state index in [-0.39, 0.29) is 22.8 Å². The number of aromatic nitrogens is 2. The predicted molar refractivity (Wildman–Crippen MR) is 70.7 cm³/mol. The number of rotatable bonds is 4. The highest BCUT2D eigenvalue weighted by Crippen LogP contribution is 2.27. The zero-order valence-corrected chi connectivity index (χ0v) is 11.5. The minimum absolute atomic E-state index is 0.205. The molecule has 0 N–H and O–H groups in total. The van der Waals surface area contributed by atoms with E-state index in [1.54, 1.807) is 11.8 Å². The second kappa shape index (κ2) is 6.00. The van der Waals surface area contributed by atoms with Crippen molar-refractivity contribution in [3.05, 3.63) is 21.5 Å². The molecular formula is C11H13ClN4O4. The number of nitro groups is 1. The molecule has 1 atom stereocenters. The second-order valence-corrected chi connectivity index (χ2v) is 4.56. The summed E-state index contributed by atoms with van der Waals surface area (Å²) in [6.45, 7) is 2.61. The largest absolute Gasteiger partial charge is 0.464 e. The molecule has 0 radical (unpaired) electrons. The molecule has 0 spiro atoms. The lowest BCUT2D eigenvalue weighted by atomic mass is 10.2. The number of nitrogens with zero attached hydrogens (tertiary/aromatic N) is 4. The number of anilines is 1. The standard InChI is InChI=1S/C11H13ClN4O4/c1-2-20-10(17)7-4-3-5-15(7)11-13-6-8(16(18)19)9(12)14-11/h6-7H,2-5H2,1H3/t7-/m0/s1. The highest BCUT2D eigenvalue weighted by Gasteiger charge is 2.34. The summed E-state index contributed by atoms with van der Waals surface area (Å²) in [5.74, 6) is -0.140. The third kappa shape index (κ3) is 2.79. The van der Waals surface area contributed by atoms with Crippen molar-refractivity contribution in [3.8, 4) is 0 Å². The van der Waals surface area contributed by atoms with Crippen molar-refractivity contribution < 1.29 is 14.5 Å². The van der Waals surface area contributed by atoms with Gasteiger partial charge >= 0.3 is 11.7 Å². The Labute approximate surface area is 119 Å². The molecule has 0 saturated carbocycles. The van der Waals surface area contributed by atoms with Crippen LogP contribution in [-0.4, -0.2) is 40.1 Å². The maximum Gasteiger partial charge on any atom is 0.328 e. The predicted octanol–water partition coefficient (Wildman–Crippen LogP) is 1.57. The minimum Gasteiger partial charge on any atom is -0.464 e. The molecule has 108 valence electrons. The molecule has 2 heterocycles. The topological polar surface area (TPSA) is 98.5 Å². The molecule has 1 fully saturated rings. The SMILES string of the molecule is CCOC(=O)[C@@H]1CCCN1c1ncc([N+](=O)[O-])c(Cl)n1. The maximum atomic E-state index is 11.8. The van der Waals surface area contributed by atoms with Crippen molar-refractivity contribution in [1.82, 2.24) is 9.97 Å². The van der Waals surface area contributed by atoms with Crippen LogP contribution in [0.15, 0.2) is 6.20 Å². The molecule has 0 aliphatic carbocycles. The second-order valence-electron chi connectivity index (χ2n) is 4.21. The van der Waals surface area contributed by atoms with Gasteiger partial charge in [0.25, 0.3) is 0 Å². The highest BCUT2D eigenvalue weighted by molar-refractivity contribution is 6.31. The van der Waals surface area contributed by atoms with Crippen LogP contribution < -0.4 is 4.90 Å². The van der Waals surface area contributed by atoms with Crippen LogP contribution in [0.5, 0.6) is 0 Å². The maximum absolute atomic E-state index is 11.8. The summed E-state index contributed by atoms with van der Waals surface area (Å²) in [7, 11) is 0. The van der Waals surface area contributed by atoms with Crippen LogP contribution in [-0.2, 0) is 9.53 Å². The molecule has 1 aliphatic heterocycles. The molecule has 0 bridgehead atoms. The Morgan fingerprint density at radius 3 is 3.05 bits per heavy atom. The van der Waals surface area contributed by atoms with E-state index in [9.17, 15) is 14.9 Å². The monoisotopic (exact) mass is 300 g/mol. The molecule has 1 aromatic heterocycles. The van der Waals surface area contributed by atoms with E-state index in [1.165, 1.54) is 0 Å². The van der Waals surface area contributed by atoms with E-state index in [1.807, 2.05) is 0 Å². The van der Waals surface area contributed by atoms with Gasteiger partial charge in [0.15, 0.2) is 0 Å². The summed E-state index contributed by atoms with van der Waals surface area (Å²) < 4.78 is 4.99. The number of carbonyl (C=O) groups excluding carboxylic acids is 1. The average Bonchev–Trinajstić information content (AvgIpc) is 2.87. The molecule has 9 heteroatoms. The van der Waals surface area contributed by atoms with E-state index in [2.05, 4.69) is 9.97 Å². The van der Waals surface area contributed by atoms with Gasteiger partial charge < -0.3 is 9.64 Å². The van der Waals surface area contributed by atoms with Crippen molar-refractivity contribution in [3.63, 3.8) is 0 Å². The first-order valence-corrected chi connectivity index (χ1v) is 6.52. The minimum atomic E-state index is -0.654. The summed E-state index contributed by atoms with van der Waals surface area (Å²) >= 11 is 5.76. The number of ether oxygens (including phenoxy) is 1. The number of hydrogen-bond acceptors (Lipinski definition) is 7. The van der Waals surface area contributed by atoms with Gasteiger partial charge in [-0.2, -0.15) is 4.98 Å². The Balaban J connectivity index is 2.24. The first-order valence-electron chi connectivity index (χ1n) is 6.14. The molecule has 20 heavy (non-hydrogen) atoms. The molecule has 0 aromatic carbocycles. The van der Waals surface area contributed by atoms with Crippen LogP contribution in [0.25, 0.3) is 0 Å². The Bertz CT molecular complexity index is 539. The third-order valence-electron chi connectivity index (χ3n) is 2.98. The van der Waals surface area contributed by atoms with Crippen LogP contribution in [0.3, 0.4) is 0 Å². The van der Waals surface area contributed by atoms with Crippen LogP contribution in [0.2, 0.25) is 5.15 Å². The molecule has 2 rings (SSSR count). The van der Waals surface area contributed by atoms with E-state index >= 15 is 0 Å². The van der Waals surface area contributed by atoms with Crippen LogP contribution in [0.4, 0.5) is 11.6 Å². The van der Waals surface area contributed by atoms with Gasteiger partial charge in [-0.3, -0.25) is 10.1 Å². The summed E-state index contributed by atoms with van der Waals surface area (Å²) in [4.78, 5) is 31.3. The van der Waals surface area contributed by atoms with Gasteiger partial charge in [0.1, 0.15) is 12.2 Å². The number of hydrogen-bond donors (Lipinski definition) is 0. The van der Waals surface area contributed by atoms with Gasteiger partial charge in [0.2, 0.25) is 11.1 Å². The van der Waals surface area contributed by atoms with Gasteiger partial charge in [-0.15, -0.1) is 0 Å². The lowest BCUT2D eigenvalue weighted by molar-refractivity contribution is -0.385. The van der Waals surface area contributed by atoms with Gasteiger partial charge in [-0.05, 0) is 19.8 Å². The van der Waals surface area contributed by atoms with E-state index in [4.69, 9.17) is 16.3 Å². The molecule has 0 amide bonds. The Morgan fingerprint density at radius 2 is 2.45 bits per heavy atom. The fourth-order valence-electron chi connectivity index (χ4n) is 2.10. The lowest BCUT2D eigenvalue weighted by Gasteiger charge is -2.22. The summed E-state index contributed by atoms with van der Waals surface area (Å²) in [5, 5.41) is 10.4. The van der Waals surface area contributed by atoms with Crippen LogP contribution in [0.1, 0.15) is 19.8 Å². The van der Waals surface area contributed by atoms with Crippen molar-refractivity contribution >= 4 is 29.2 Å². The fourth-order valence-corrected chi connectivity index (χ4v) is 2.29. The molecule has 8 nitrogen and oxygen atoms in total. The number of esters is 1. The van der Waals surface area contributed by atoms with E-state index in [0.29, 0.717) is 19.6 Å². The van der Waals surface area contributed by atoms with E-state index < -0.39 is 11.0 Å². The van der Waals surface area contributed by atoms with Gasteiger partial charge in [-0.25, -0.2) is 9.78 Å². The fraction of sp³-hybridized carbons (Fsp3) is 0.545. The average molecular weight is 301 g/mol. The number of carbonyl (C=O) groups is 1. The highest BCUT2D eigenvalue weighted by atomic mass is 35.5. The number of halogens is 1. The molecule has 0 unspecified atom stereocenters. The first kappa shape index (κ1) is 14.4. The lowest BCUT2D eigenvalue weighted by Crippen LogP contribution is -2.38. The van der Waals surface area contributed by atoms with Gasteiger partial charge in [0.05, 0.1) is 11.5 Å². The van der Waals surface area contributed by atoms with Gasteiger partial charge in [-0.1, -0.05) is 11.6 Å². The molecule has 1 aromatic rings. The molecular weight excluding hydrogens is 288 g/mol. The molecule has 1 aliphatic rings. The summed E-state index contributed by atoms with van der Waals surface area (Å²) in [6, 6.07) is -0.465. The van der Waals surface area contributed by atoms with Crippen molar-refractivity contribution in [1.29, 1.82) is 0 Å². The Hall–Kier alpha value is -1.96. The third-order valence-corrected chi connectivity index (χ3v) is 3.26. The zero-order chi connectivity index (χ0) is 14.7. The Kier molecular flexibility index (Phi) is 4.33. The summed E-state index contributed by atoms with van der Waals surface area (Å²) in [5.41, 5.74) is -0.359. The van der Waals surface area contributed by atoms with E-state index in [0.717, 1.165) is 12.6 Å². The first-order chi connectivity index (χ1) is 9.54. The van der Waals surface area contributed by atoms with Gasteiger partial charge in [0, 0.05) is 6.54 Å². The summed E-state index contributed by atoms with van der Waals surface area (Å²) in [6.07, 6.45) is 2.48. The van der Waals surface area contributed by atoms with Crippen molar-refractivity contribution in [2.45, 2.75) is 25.8 Å². The van der Waals surface area contributed by atoms with Crippen molar-refractivity contribution in [2.24, 2.45) is 0 Å². The smallest absolute Gasteiger partial charge is 0.328 e. The Morgan fingerprint density at radius 1 is 1.70 bits per heavy atom. The van der Waals surface area contributed by atoms with Crippen LogP contribution >= 0.6 is 11.6 Å². The zero-order valence-electron chi connectivity index (χ0n) is 10.8. The quantitative estimate of drug-likeness (QED) is 0.360. The molecule has 1 saturated heterocycles.